The van der Waals surface area contributed by atoms with E-state index < -0.39 is 12.1 Å². The van der Waals surface area contributed by atoms with E-state index >= 15 is 0 Å². The Kier molecular flexibility index (Phi) is 6.08. The van der Waals surface area contributed by atoms with Crippen LogP contribution in [0.25, 0.3) is 11.1 Å². The zero-order valence-corrected chi connectivity index (χ0v) is 17.9. The first-order valence-corrected chi connectivity index (χ1v) is 11.2. The molecule has 3 aliphatic rings. The van der Waals surface area contributed by atoms with E-state index in [2.05, 4.69) is 41.0 Å². The molecule has 0 aliphatic carbocycles. The smallest absolute Gasteiger partial charge is 0.251 e. The first kappa shape index (κ1) is 21.0. The van der Waals surface area contributed by atoms with Gasteiger partial charge in [-0.1, -0.05) is 30.3 Å². The number of hydrogen-bond donors (Lipinski definition) is 2. The van der Waals surface area contributed by atoms with E-state index in [4.69, 9.17) is 14.2 Å². The average Bonchev–Trinajstić information content (AvgIpc) is 3.07. The predicted molar refractivity (Wildman–Crippen MR) is 118 cm³/mol. The number of amides is 1. The number of nitrogens with zero attached hydrogens (tertiary/aromatic N) is 1. The lowest BCUT2D eigenvalue weighted by Crippen LogP contribution is -2.46. The normalized spacial score (nSPS) is 21.0. The van der Waals surface area contributed by atoms with Crippen molar-refractivity contribution in [1.29, 1.82) is 5.26 Å². The summed E-state index contributed by atoms with van der Waals surface area (Å²) in [6.07, 6.45) is 0.720. The summed E-state index contributed by atoms with van der Waals surface area (Å²) in [6.45, 7) is 3.93. The Hall–Kier alpha value is -2.92. The Morgan fingerprint density at radius 2 is 2.12 bits per heavy atom. The third-order valence-electron chi connectivity index (χ3n) is 6.31. The Morgan fingerprint density at radius 1 is 1.22 bits per heavy atom. The molecule has 166 valence electrons. The van der Waals surface area contributed by atoms with E-state index in [0.717, 1.165) is 43.1 Å². The minimum Gasteiger partial charge on any atom is -0.488 e. The van der Waals surface area contributed by atoms with E-state index in [1.54, 1.807) is 0 Å². The molecule has 7 heteroatoms. The van der Waals surface area contributed by atoms with Gasteiger partial charge >= 0.3 is 0 Å². The summed E-state index contributed by atoms with van der Waals surface area (Å²) in [5.74, 6) is 1.04. The highest BCUT2D eigenvalue weighted by molar-refractivity contribution is 5.81. The van der Waals surface area contributed by atoms with E-state index in [0.29, 0.717) is 32.1 Å². The standard InChI is InChI=1S/C25H27N3O4/c26-11-20(28-25(29)24-12-27-6-1-7-31-24)8-16-2-5-21-22-10-17(19-13-30-14-19)3-4-18(22)15-32-23(21)9-16/h2-5,9-10,19-20,24,27H,1,6-8,12-15H2,(H,28,29)/t20-,24+/m1/s1. The van der Waals surface area contributed by atoms with Gasteiger partial charge in [-0.3, -0.25) is 4.79 Å². The summed E-state index contributed by atoms with van der Waals surface area (Å²) >= 11 is 0. The molecule has 3 heterocycles. The molecule has 0 bridgehead atoms. The minimum atomic E-state index is -0.631. The lowest BCUT2D eigenvalue weighted by molar-refractivity contribution is -0.132. The number of nitrogens with one attached hydrogen (secondary N) is 2. The maximum absolute atomic E-state index is 12.5. The Labute approximate surface area is 187 Å². The van der Waals surface area contributed by atoms with E-state index in [9.17, 15) is 10.1 Å². The van der Waals surface area contributed by atoms with E-state index in [1.807, 2.05) is 12.1 Å². The number of ether oxygens (including phenoxy) is 3. The van der Waals surface area contributed by atoms with Crippen LogP contribution in [0.15, 0.2) is 36.4 Å². The summed E-state index contributed by atoms with van der Waals surface area (Å²) in [7, 11) is 0. The predicted octanol–water partition coefficient (Wildman–Crippen LogP) is 2.29. The van der Waals surface area contributed by atoms with Crippen molar-refractivity contribution >= 4 is 5.91 Å². The molecule has 3 aliphatic heterocycles. The number of nitriles is 1. The third-order valence-corrected chi connectivity index (χ3v) is 6.31. The van der Waals surface area contributed by atoms with Crippen LogP contribution in [0, 0.1) is 11.3 Å². The molecule has 2 aromatic carbocycles. The number of benzene rings is 2. The number of rotatable bonds is 5. The molecule has 0 aromatic heterocycles. The highest BCUT2D eigenvalue weighted by Gasteiger charge is 2.26. The van der Waals surface area contributed by atoms with Gasteiger partial charge in [0, 0.05) is 31.1 Å². The fraction of sp³-hybridized carbons (Fsp3) is 0.440. The SMILES string of the molecule is N#C[C@@H](Cc1ccc2c(c1)OCc1ccc(C3COC3)cc1-2)NC(=O)[C@@H]1CNCCCO1. The molecular weight excluding hydrogens is 406 g/mol. The second-order valence-electron chi connectivity index (χ2n) is 8.58. The molecule has 0 radical (unpaired) electrons. The number of carbonyl (C=O) groups excluding carboxylic acids is 1. The van der Waals surface area contributed by atoms with Gasteiger partial charge in [0.1, 0.15) is 24.5 Å². The highest BCUT2D eigenvalue weighted by atomic mass is 16.5. The minimum absolute atomic E-state index is 0.249. The van der Waals surface area contributed by atoms with Gasteiger partial charge in [0.15, 0.2) is 0 Å². The van der Waals surface area contributed by atoms with Crippen LogP contribution in [0.4, 0.5) is 0 Å². The van der Waals surface area contributed by atoms with Gasteiger partial charge in [-0.2, -0.15) is 5.26 Å². The van der Waals surface area contributed by atoms with Crippen molar-refractivity contribution in [3.63, 3.8) is 0 Å². The summed E-state index contributed by atoms with van der Waals surface area (Å²) in [4.78, 5) is 12.5. The third kappa shape index (κ3) is 4.35. The first-order valence-electron chi connectivity index (χ1n) is 11.2. The zero-order valence-electron chi connectivity index (χ0n) is 17.9. The van der Waals surface area contributed by atoms with Gasteiger partial charge in [0.2, 0.25) is 0 Å². The highest BCUT2D eigenvalue weighted by Crippen LogP contribution is 2.40. The number of hydrogen-bond acceptors (Lipinski definition) is 6. The Bertz CT molecular complexity index is 1040. The Balaban J connectivity index is 1.29. The van der Waals surface area contributed by atoms with Crippen LogP contribution in [0.3, 0.4) is 0 Å². The van der Waals surface area contributed by atoms with Crippen LogP contribution >= 0.6 is 0 Å². The van der Waals surface area contributed by atoms with Crippen molar-refractivity contribution in [2.75, 3.05) is 32.9 Å². The van der Waals surface area contributed by atoms with Crippen LogP contribution in [0.1, 0.15) is 29.0 Å². The molecule has 0 unspecified atom stereocenters. The average molecular weight is 434 g/mol. The topological polar surface area (TPSA) is 92.6 Å². The number of carbonyl (C=O) groups is 1. The summed E-state index contributed by atoms with van der Waals surface area (Å²) in [5, 5.41) is 15.6. The van der Waals surface area contributed by atoms with Crippen LogP contribution in [0.5, 0.6) is 5.75 Å². The molecule has 2 saturated heterocycles. The fourth-order valence-electron chi connectivity index (χ4n) is 4.36. The number of fused-ring (bicyclic) bond motifs is 3. The quantitative estimate of drug-likeness (QED) is 0.752. The first-order chi connectivity index (χ1) is 15.7. The van der Waals surface area contributed by atoms with Gasteiger partial charge < -0.3 is 24.8 Å². The fourth-order valence-corrected chi connectivity index (χ4v) is 4.36. The molecule has 32 heavy (non-hydrogen) atoms. The summed E-state index contributed by atoms with van der Waals surface area (Å²) in [6, 6.07) is 14.2. The van der Waals surface area contributed by atoms with E-state index in [1.165, 1.54) is 16.7 Å². The van der Waals surface area contributed by atoms with Crippen molar-refractivity contribution < 1.29 is 19.0 Å². The molecule has 1 amide bonds. The second-order valence-corrected chi connectivity index (χ2v) is 8.58. The van der Waals surface area contributed by atoms with Gasteiger partial charge in [0.25, 0.3) is 5.91 Å². The second kappa shape index (κ2) is 9.29. The molecule has 7 nitrogen and oxygen atoms in total. The lowest BCUT2D eigenvalue weighted by atomic mass is 9.89. The summed E-state index contributed by atoms with van der Waals surface area (Å²) < 4.78 is 17.0. The van der Waals surface area contributed by atoms with Crippen molar-refractivity contribution in [3.05, 3.63) is 53.1 Å². The summed E-state index contributed by atoms with van der Waals surface area (Å²) in [5.41, 5.74) is 5.68. The molecule has 5 rings (SSSR count). The van der Waals surface area contributed by atoms with Crippen molar-refractivity contribution in [2.24, 2.45) is 0 Å². The monoisotopic (exact) mass is 433 g/mol. The van der Waals surface area contributed by atoms with Gasteiger partial charge in [0.05, 0.1) is 19.3 Å². The van der Waals surface area contributed by atoms with E-state index in [-0.39, 0.29) is 5.91 Å². The lowest BCUT2D eigenvalue weighted by Gasteiger charge is -2.28. The molecule has 0 spiro atoms. The molecule has 2 aromatic rings. The van der Waals surface area contributed by atoms with Gasteiger partial charge in [-0.15, -0.1) is 0 Å². The Morgan fingerprint density at radius 3 is 2.94 bits per heavy atom. The van der Waals surface area contributed by atoms with Gasteiger partial charge in [-0.25, -0.2) is 0 Å². The van der Waals surface area contributed by atoms with Crippen LogP contribution in [0.2, 0.25) is 0 Å². The van der Waals surface area contributed by atoms with Crippen LogP contribution in [-0.4, -0.2) is 51.0 Å². The molecule has 2 atom stereocenters. The molecule has 2 fully saturated rings. The molecule has 0 saturated carbocycles. The maximum Gasteiger partial charge on any atom is 0.251 e. The molecular formula is C25H27N3O4. The zero-order chi connectivity index (χ0) is 21.9. The van der Waals surface area contributed by atoms with Crippen molar-refractivity contribution in [3.8, 4) is 22.9 Å². The maximum atomic E-state index is 12.5. The van der Waals surface area contributed by atoms with Crippen molar-refractivity contribution in [1.82, 2.24) is 10.6 Å². The van der Waals surface area contributed by atoms with Crippen LogP contribution in [-0.2, 0) is 27.3 Å². The van der Waals surface area contributed by atoms with Crippen LogP contribution < -0.4 is 15.4 Å². The molecule has 2 N–H and O–H groups in total. The largest absolute Gasteiger partial charge is 0.488 e. The van der Waals surface area contributed by atoms with Gasteiger partial charge in [-0.05, 0) is 41.3 Å². The van der Waals surface area contributed by atoms with Crippen molar-refractivity contribution in [2.45, 2.75) is 37.5 Å².